The van der Waals surface area contributed by atoms with Gasteiger partial charge in [-0.2, -0.15) is 0 Å². The number of rotatable bonds is 6. The molecule has 0 aliphatic heterocycles. The second-order valence-electron chi connectivity index (χ2n) is 5.34. The lowest BCUT2D eigenvalue weighted by molar-refractivity contribution is -0.129. The largest absolute Gasteiger partial charge is 0.383 e. The summed E-state index contributed by atoms with van der Waals surface area (Å²) in [4.78, 5) is 14.1. The number of nitrogens with zero attached hydrogens (tertiary/aromatic N) is 1. The maximum absolute atomic E-state index is 12.2. The molecule has 3 nitrogen and oxygen atoms in total. The Morgan fingerprint density at radius 1 is 1.58 bits per heavy atom. The molecule has 0 aromatic heterocycles. The first kappa shape index (κ1) is 16.5. The van der Waals surface area contributed by atoms with Gasteiger partial charge in [0.25, 0.3) is 0 Å². The number of carbonyl (C=O) groups is 1. The summed E-state index contributed by atoms with van der Waals surface area (Å²) in [7, 11) is 1.67. The predicted molar refractivity (Wildman–Crippen MR) is 79.2 cm³/mol. The Morgan fingerprint density at radius 3 is 2.79 bits per heavy atom. The Hall–Kier alpha value is -0.540. The molecular weight excluding hydrogens is 262 g/mol. The number of methoxy groups -OCH3 is 1. The normalized spacial score (nSPS) is 21.4. The van der Waals surface area contributed by atoms with Gasteiger partial charge >= 0.3 is 0 Å². The van der Waals surface area contributed by atoms with Gasteiger partial charge in [-0.05, 0) is 38.5 Å². The van der Waals surface area contributed by atoms with E-state index in [1.165, 1.54) is 17.7 Å². The highest BCUT2D eigenvalue weighted by Gasteiger charge is 2.30. The minimum atomic E-state index is -0.0130. The van der Waals surface area contributed by atoms with E-state index >= 15 is 0 Å². The Balaban J connectivity index is 3.13. The van der Waals surface area contributed by atoms with Crippen LogP contribution in [0.5, 0.6) is 0 Å². The molecule has 0 N–H and O–H groups in total. The zero-order valence-electron chi connectivity index (χ0n) is 12.5. The van der Waals surface area contributed by atoms with E-state index in [-0.39, 0.29) is 17.8 Å². The second-order valence-corrected chi connectivity index (χ2v) is 5.60. The van der Waals surface area contributed by atoms with Crippen molar-refractivity contribution in [2.75, 3.05) is 19.6 Å². The smallest absolute Gasteiger partial charge is 0.241 e. The molecule has 0 spiro atoms. The van der Waals surface area contributed by atoms with E-state index in [0.717, 1.165) is 19.3 Å². The molecule has 0 fully saturated rings. The van der Waals surface area contributed by atoms with Gasteiger partial charge in [0.1, 0.15) is 5.88 Å². The van der Waals surface area contributed by atoms with Crippen molar-refractivity contribution in [1.82, 2.24) is 4.90 Å². The maximum Gasteiger partial charge on any atom is 0.241 e. The average Bonchev–Trinajstić information content (AvgIpc) is 2.40. The van der Waals surface area contributed by atoms with Crippen LogP contribution >= 0.6 is 11.6 Å². The minimum Gasteiger partial charge on any atom is -0.383 e. The Bertz CT molecular complexity index is 341. The lowest BCUT2D eigenvalue weighted by atomic mass is 9.85. The van der Waals surface area contributed by atoms with Crippen LogP contribution in [0.15, 0.2) is 11.3 Å². The first-order valence-electron chi connectivity index (χ1n) is 7.15. The van der Waals surface area contributed by atoms with Crippen molar-refractivity contribution < 1.29 is 9.53 Å². The molecule has 2 unspecified atom stereocenters. The third-order valence-electron chi connectivity index (χ3n) is 3.86. The number of hydrogen-bond donors (Lipinski definition) is 0. The van der Waals surface area contributed by atoms with Gasteiger partial charge in [0.15, 0.2) is 0 Å². The van der Waals surface area contributed by atoms with Gasteiger partial charge in [0, 0.05) is 12.8 Å². The summed E-state index contributed by atoms with van der Waals surface area (Å²) in [6.07, 6.45) is 4.47. The Kier molecular flexibility index (Phi) is 6.87. The number of ether oxygens (including phenoxy) is 1. The van der Waals surface area contributed by atoms with Gasteiger partial charge in [-0.3, -0.25) is 4.79 Å². The van der Waals surface area contributed by atoms with Gasteiger partial charge in [-0.1, -0.05) is 19.4 Å². The molecule has 2 atom stereocenters. The van der Waals surface area contributed by atoms with Crippen molar-refractivity contribution in [1.29, 1.82) is 0 Å². The molecule has 1 aliphatic carbocycles. The van der Waals surface area contributed by atoms with Crippen LogP contribution in [0.2, 0.25) is 0 Å². The van der Waals surface area contributed by atoms with Crippen molar-refractivity contribution in [2.24, 2.45) is 5.92 Å². The standard InChI is InChI=1S/C15H26ClNO2/c1-5-13-8-6-7-11(2)15(13)17(14(18)9-16)12(3)10-19-4/h11-12H,5-10H2,1-4H3. The first-order valence-corrected chi connectivity index (χ1v) is 7.69. The monoisotopic (exact) mass is 287 g/mol. The molecule has 110 valence electrons. The van der Waals surface area contributed by atoms with Gasteiger partial charge in [-0.15, -0.1) is 11.6 Å². The Morgan fingerprint density at radius 2 is 2.26 bits per heavy atom. The van der Waals surface area contributed by atoms with Crippen LogP contribution in [-0.4, -0.2) is 36.4 Å². The summed E-state index contributed by atoms with van der Waals surface area (Å²) < 4.78 is 5.21. The van der Waals surface area contributed by atoms with E-state index in [1.54, 1.807) is 7.11 Å². The Labute approximate surface area is 121 Å². The van der Waals surface area contributed by atoms with E-state index in [4.69, 9.17) is 16.3 Å². The van der Waals surface area contributed by atoms with Crippen LogP contribution in [0.4, 0.5) is 0 Å². The molecule has 0 saturated heterocycles. The highest BCUT2D eigenvalue weighted by molar-refractivity contribution is 6.27. The van der Waals surface area contributed by atoms with E-state index < -0.39 is 0 Å². The summed E-state index contributed by atoms with van der Waals surface area (Å²) in [6, 6.07) is 0.0355. The fourth-order valence-corrected chi connectivity index (χ4v) is 3.13. The summed E-state index contributed by atoms with van der Waals surface area (Å²) in [5.41, 5.74) is 2.60. The second kappa shape index (κ2) is 7.91. The lowest BCUT2D eigenvalue weighted by Crippen LogP contribution is -2.44. The average molecular weight is 288 g/mol. The van der Waals surface area contributed by atoms with E-state index in [0.29, 0.717) is 12.5 Å². The van der Waals surface area contributed by atoms with Crippen LogP contribution in [0, 0.1) is 5.92 Å². The number of amides is 1. The summed E-state index contributed by atoms with van der Waals surface area (Å²) in [6.45, 7) is 6.93. The third-order valence-corrected chi connectivity index (χ3v) is 4.09. The number of carbonyl (C=O) groups excluding carboxylic acids is 1. The van der Waals surface area contributed by atoms with Gasteiger partial charge in [0.2, 0.25) is 5.91 Å². The molecule has 19 heavy (non-hydrogen) atoms. The number of allylic oxidation sites excluding steroid dienone is 2. The molecule has 0 bridgehead atoms. The molecule has 0 aromatic carbocycles. The molecule has 1 aliphatic rings. The van der Waals surface area contributed by atoms with Crippen molar-refractivity contribution >= 4 is 17.5 Å². The van der Waals surface area contributed by atoms with Crippen LogP contribution in [0.25, 0.3) is 0 Å². The van der Waals surface area contributed by atoms with Gasteiger partial charge in [0.05, 0.1) is 12.6 Å². The summed E-state index contributed by atoms with van der Waals surface area (Å²) in [5.74, 6) is 0.442. The van der Waals surface area contributed by atoms with Crippen molar-refractivity contribution in [3.63, 3.8) is 0 Å². The highest BCUT2D eigenvalue weighted by Crippen LogP contribution is 2.35. The molecule has 0 heterocycles. The van der Waals surface area contributed by atoms with Crippen LogP contribution in [-0.2, 0) is 9.53 Å². The minimum absolute atomic E-state index is 0.0130. The predicted octanol–water partition coefficient (Wildman–Crippen LogP) is 3.57. The number of alkyl halides is 1. The van der Waals surface area contributed by atoms with E-state index in [2.05, 4.69) is 13.8 Å². The number of hydrogen-bond acceptors (Lipinski definition) is 2. The summed E-state index contributed by atoms with van der Waals surface area (Å²) >= 11 is 5.79. The fourth-order valence-electron chi connectivity index (χ4n) is 3.00. The van der Waals surface area contributed by atoms with Crippen molar-refractivity contribution in [3.05, 3.63) is 11.3 Å². The highest BCUT2D eigenvalue weighted by atomic mass is 35.5. The zero-order chi connectivity index (χ0) is 14.4. The fraction of sp³-hybridized carbons (Fsp3) is 0.800. The van der Waals surface area contributed by atoms with Crippen LogP contribution in [0.1, 0.15) is 46.5 Å². The molecule has 1 amide bonds. The zero-order valence-corrected chi connectivity index (χ0v) is 13.3. The van der Waals surface area contributed by atoms with E-state index in [1.807, 2.05) is 11.8 Å². The molecular formula is C15H26ClNO2. The van der Waals surface area contributed by atoms with Crippen molar-refractivity contribution in [2.45, 2.75) is 52.5 Å². The topological polar surface area (TPSA) is 29.5 Å². The first-order chi connectivity index (χ1) is 9.06. The van der Waals surface area contributed by atoms with Crippen LogP contribution < -0.4 is 0 Å². The molecule has 0 aromatic rings. The molecule has 1 rings (SSSR count). The summed E-state index contributed by atoms with van der Waals surface area (Å²) in [5, 5.41) is 0. The maximum atomic E-state index is 12.2. The van der Waals surface area contributed by atoms with Gasteiger partial charge in [-0.25, -0.2) is 0 Å². The molecule has 0 radical (unpaired) electrons. The molecule has 0 saturated carbocycles. The van der Waals surface area contributed by atoms with Gasteiger partial charge < -0.3 is 9.64 Å². The van der Waals surface area contributed by atoms with E-state index in [9.17, 15) is 4.79 Å². The third kappa shape index (κ3) is 3.96. The van der Waals surface area contributed by atoms with Crippen molar-refractivity contribution in [3.8, 4) is 0 Å². The quantitative estimate of drug-likeness (QED) is 0.699. The SMILES string of the molecule is CCC1=C(N(C(=O)CCl)C(C)COC)C(C)CCC1. The lowest BCUT2D eigenvalue weighted by Gasteiger charge is -2.38. The van der Waals surface area contributed by atoms with Crippen LogP contribution in [0.3, 0.4) is 0 Å². The number of halogens is 1. The molecule has 4 heteroatoms.